The summed E-state index contributed by atoms with van der Waals surface area (Å²) in [7, 11) is 0. The average molecular weight is 228 g/mol. The Morgan fingerprint density at radius 3 is 2.82 bits per heavy atom. The van der Waals surface area contributed by atoms with Crippen molar-refractivity contribution in [3.05, 3.63) is 36.3 Å². The highest BCUT2D eigenvalue weighted by molar-refractivity contribution is 5.77. The summed E-state index contributed by atoms with van der Waals surface area (Å²) in [4.78, 5) is 9.12. The van der Waals surface area contributed by atoms with Gasteiger partial charge in [0.15, 0.2) is 0 Å². The summed E-state index contributed by atoms with van der Waals surface area (Å²) in [5, 5.41) is 1.12. The maximum Gasteiger partial charge on any atom is 0.131 e. The van der Waals surface area contributed by atoms with Gasteiger partial charge in [-0.25, -0.2) is 9.97 Å². The third kappa shape index (κ3) is 3.02. The van der Waals surface area contributed by atoms with Gasteiger partial charge in [-0.15, -0.1) is 0 Å². The molecule has 1 heterocycles. The van der Waals surface area contributed by atoms with Crippen molar-refractivity contribution in [3.63, 3.8) is 0 Å². The monoisotopic (exact) mass is 228 g/mol. The number of para-hydroxylation sites is 1. The van der Waals surface area contributed by atoms with Crippen LogP contribution in [0.25, 0.3) is 10.9 Å². The van der Waals surface area contributed by atoms with Gasteiger partial charge in [0.2, 0.25) is 0 Å². The van der Waals surface area contributed by atoms with Gasteiger partial charge in [-0.1, -0.05) is 51.3 Å². The lowest BCUT2D eigenvalue weighted by Gasteiger charge is -2.10. The standard InChI is InChI=1S/C15H20N2/c1-3-4-5-8-12(2)15-16-11-13-9-6-7-10-14(13)17-15/h6-7,9-12H,3-5,8H2,1-2H3. The molecule has 2 nitrogen and oxygen atoms in total. The fourth-order valence-electron chi connectivity index (χ4n) is 2.05. The van der Waals surface area contributed by atoms with E-state index in [2.05, 4.69) is 35.9 Å². The Morgan fingerprint density at radius 1 is 1.18 bits per heavy atom. The molecule has 1 aromatic carbocycles. The van der Waals surface area contributed by atoms with Gasteiger partial charge in [-0.2, -0.15) is 0 Å². The summed E-state index contributed by atoms with van der Waals surface area (Å²) in [5.74, 6) is 1.45. The van der Waals surface area contributed by atoms with Gasteiger partial charge < -0.3 is 0 Å². The Morgan fingerprint density at radius 2 is 2.00 bits per heavy atom. The van der Waals surface area contributed by atoms with Crippen LogP contribution < -0.4 is 0 Å². The molecule has 90 valence electrons. The highest BCUT2D eigenvalue weighted by atomic mass is 14.9. The molecule has 0 aliphatic heterocycles. The minimum absolute atomic E-state index is 0.464. The first-order chi connectivity index (χ1) is 8.31. The molecule has 0 fully saturated rings. The number of hydrogen-bond acceptors (Lipinski definition) is 2. The lowest BCUT2D eigenvalue weighted by molar-refractivity contribution is 0.577. The zero-order valence-electron chi connectivity index (χ0n) is 10.7. The van der Waals surface area contributed by atoms with Crippen molar-refractivity contribution >= 4 is 10.9 Å². The quantitative estimate of drug-likeness (QED) is 0.712. The zero-order valence-corrected chi connectivity index (χ0v) is 10.7. The number of nitrogens with zero attached hydrogens (tertiary/aromatic N) is 2. The second-order valence-electron chi connectivity index (χ2n) is 4.68. The molecule has 0 aliphatic carbocycles. The average Bonchev–Trinajstić information content (AvgIpc) is 2.38. The topological polar surface area (TPSA) is 25.8 Å². The van der Waals surface area contributed by atoms with Crippen molar-refractivity contribution in [1.82, 2.24) is 9.97 Å². The number of rotatable bonds is 5. The summed E-state index contributed by atoms with van der Waals surface area (Å²) < 4.78 is 0. The van der Waals surface area contributed by atoms with Crippen LogP contribution in [-0.4, -0.2) is 9.97 Å². The van der Waals surface area contributed by atoms with Gasteiger partial charge in [-0.05, 0) is 12.5 Å². The SMILES string of the molecule is CCCCCC(C)c1ncc2ccccc2n1. The molecular formula is C15H20N2. The van der Waals surface area contributed by atoms with E-state index in [1.54, 1.807) is 0 Å². The number of benzene rings is 1. The number of fused-ring (bicyclic) bond motifs is 1. The van der Waals surface area contributed by atoms with Crippen LogP contribution in [0, 0.1) is 0 Å². The Hall–Kier alpha value is -1.44. The Kier molecular flexibility index (Phi) is 4.08. The van der Waals surface area contributed by atoms with Crippen molar-refractivity contribution in [2.45, 2.75) is 45.4 Å². The molecule has 2 aromatic rings. The van der Waals surface area contributed by atoms with Crippen LogP contribution in [0.1, 0.15) is 51.3 Å². The van der Waals surface area contributed by atoms with Crippen molar-refractivity contribution in [2.24, 2.45) is 0 Å². The summed E-state index contributed by atoms with van der Waals surface area (Å²) in [6.07, 6.45) is 6.97. The second kappa shape index (κ2) is 5.76. The highest BCUT2D eigenvalue weighted by Gasteiger charge is 2.08. The normalized spacial score (nSPS) is 12.8. The Bertz CT molecular complexity index is 479. The third-order valence-corrected chi connectivity index (χ3v) is 3.19. The second-order valence-corrected chi connectivity index (χ2v) is 4.68. The molecule has 2 heteroatoms. The van der Waals surface area contributed by atoms with Crippen LogP contribution in [0.3, 0.4) is 0 Å². The highest BCUT2D eigenvalue weighted by Crippen LogP contribution is 2.20. The van der Waals surface area contributed by atoms with E-state index < -0.39 is 0 Å². The summed E-state index contributed by atoms with van der Waals surface area (Å²) in [6.45, 7) is 4.46. The van der Waals surface area contributed by atoms with Crippen LogP contribution in [0.2, 0.25) is 0 Å². The van der Waals surface area contributed by atoms with Crippen molar-refractivity contribution in [2.75, 3.05) is 0 Å². The van der Waals surface area contributed by atoms with Gasteiger partial charge in [0, 0.05) is 17.5 Å². The molecular weight excluding hydrogens is 208 g/mol. The van der Waals surface area contributed by atoms with Crippen LogP contribution in [0.15, 0.2) is 30.5 Å². The van der Waals surface area contributed by atoms with E-state index in [0.29, 0.717) is 5.92 Å². The Labute approximate surface area is 103 Å². The molecule has 0 amide bonds. The first-order valence-corrected chi connectivity index (χ1v) is 6.53. The molecule has 2 rings (SSSR count). The molecule has 1 atom stereocenters. The molecule has 0 spiro atoms. The molecule has 0 radical (unpaired) electrons. The summed E-state index contributed by atoms with van der Waals surface area (Å²) in [6, 6.07) is 8.16. The minimum Gasteiger partial charge on any atom is -0.240 e. The fraction of sp³-hybridized carbons (Fsp3) is 0.467. The summed E-state index contributed by atoms with van der Waals surface area (Å²) >= 11 is 0. The molecule has 0 aliphatic rings. The van der Waals surface area contributed by atoms with Crippen LogP contribution in [0.4, 0.5) is 0 Å². The smallest absolute Gasteiger partial charge is 0.131 e. The first kappa shape index (κ1) is 12.0. The van der Waals surface area contributed by atoms with E-state index in [9.17, 15) is 0 Å². The van der Waals surface area contributed by atoms with Crippen LogP contribution in [-0.2, 0) is 0 Å². The number of hydrogen-bond donors (Lipinski definition) is 0. The lowest BCUT2D eigenvalue weighted by Crippen LogP contribution is -2.01. The summed E-state index contributed by atoms with van der Waals surface area (Å²) in [5.41, 5.74) is 1.06. The zero-order chi connectivity index (χ0) is 12.1. The molecule has 0 N–H and O–H groups in total. The van der Waals surface area contributed by atoms with E-state index >= 15 is 0 Å². The van der Waals surface area contributed by atoms with E-state index in [4.69, 9.17) is 0 Å². The van der Waals surface area contributed by atoms with Gasteiger partial charge in [-0.3, -0.25) is 0 Å². The van der Waals surface area contributed by atoms with Crippen molar-refractivity contribution < 1.29 is 0 Å². The lowest BCUT2D eigenvalue weighted by atomic mass is 10.0. The maximum absolute atomic E-state index is 4.64. The van der Waals surface area contributed by atoms with Gasteiger partial charge in [0.25, 0.3) is 0 Å². The van der Waals surface area contributed by atoms with E-state index in [-0.39, 0.29) is 0 Å². The van der Waals surface area contributed by atoms with Crippen LogP contribution in [0.5, 0.6) is 0 Å². The first-order valence-electron chi connectivity index (χ1n) is 6.53. The van der Waals surface area contributed by atoms with Gasteiger partial charge in [0.05, 0.1) is 5.52 Å². The predicted octanol–water partition coefficient (Wildman–Crippen LogP) is 4.31. The number of unbranched alkanes of at least 4 members (excludes halogenated alkanes) is 2. The maximum atomic E-state index is 4.64. The molecule has 1 unspecified atom stereocenters. The minimum atomic E-state index is 0.464. The Balaban J connectivity index is 2.12. The van der Waals surface area contributed by atoms with Gasteiger partial charge in [0.1, 0.15) is 5.82 Å². The fourth-order valence-corrected chi connectivity index (χ4v) is 2.05. The molecule has 0 saturated heterocycles. The molecule has 0 bridgehead atoms. The molecule has 0 saturated carbocycles. The van der Waals surface area contributed by atoms with E-state index in [0.717, 1.165) is 16.7 Å². The van der Waals surface area contributed by atoms with Crippen molar-refractivity contribution in [1.29, 1.82) is 0 Å². The van der Waals surface area contributed by atoms with Crippen LogP contribution >= 0.6 is 0 Å². The van der Waals surface area contributed by atoms with E-state index in [1.807, 2.05) is 18.3 Å². The van der Waals surface area contributed by atoms with Crippen molar-refractivity contribution in [3.8, 4) is 0 Å². The largest absolute Gasteiger partial charge is 0.240 e. The third-order valence-electron chi connectivity index (χ3n) is 3.19. The predicted molar refractivity (Wildman–Crippen MR) is 72.1 cm³/mol. The molecule has 17 heavy (non-hydrogen) atoms. The number of aromatic nitrogens is 2. The molecule has 1 aromatic heterocycles. The van der Waals surface area contributed by atoms with Gasteiger partial charge >= 0.3 is 0 Å². The van der Waals surface area contributed by atoms with E-state index in [1.165, 1.54) is 25.7 Å².